The molecule has 0 aliphatic carbocycles. The number of hydrogen-bond acceptors (Lipinski definition) is 7. The van der Waals surface area contributed by atoms with Crippen molar-refractivity contribution < 1.29 is 23.8 Å². The fourth-order valence-corrected chi connectivity index (χ4v) is 3.53. The molecule has 0 aliphatic heterocycles. The molecule has 5 N–H and O–H groups in total. The van der Waals surface area contributed by atoms with E-state index in [1.165, 1.54) is 6.07 Å². The van der Waals surface area contributed by atoms with Gasteiger partial charge in [0.1, 0.15) is 23.0 Å². The van der Waals surface area contributed by atoms with Gasteiger partial charge in [0, 0.05) is 18.7 Å². The van der Waals surface area contributed by atoms with Crippen molar-refractivity contribution in [3.05, 3.63) is 40.7 Å². The van der Waals surface area contributed by atoms with E-state index in [9.17, 15) is 19.1 Å². The van der Waals surface area contributed by atoms with Crippen LogP contribution in [-0.2, 0) is 6.61 Å². The van der Waals surface area contributed by atoms with E-state index in [1.807, 2.05) is 18.7 Å². The zero-order valence-corrected chi connectivity index (χ0v) is 18.6. The van der Waals surface area contributed by atoms with Gasteiger partial charge < -0.3 is 25.8 Å². The number of carbonyl (C=O) groups excluding carboxylic acids is 2. The Balaban J connectivity index is 1.98. The van der Waals surface area contributed by atoms with E-state index in [2.05, 4.69) is 15.0 Å². The molecule has 1 heterocycles. The monoisotopic (exact) mass is 453 g/mol. The van der Waals surface area contributed by atoms with E-state index in [1.54, 1.807) is 19.1 Å². The molecule has 3 amide bonds. The Kier molecular flexibility index (Phi) is 9.16. The van der Waals surface area contributed by atoms with Gasteiger partial charge in [-0.3, -0.25) is 10.1 Å². The summed E-state index contributed by atoms with van der Waals surface area (Å²) in [5.41, 5.74) is 6.38. The molecule has 31 heavy (non-hydrogen) atoms. The van der Waals surface area contributed by atoms with Gasteiger partial charge >= 0.3 is 6.03 Å². The summed E-state index contributed by atoms with van der Waals surface area (Å²) < 4.78 is 23.5. The van der Waals surface area contributed by atoms with E-state index in [0.29, 0.717) is 12.1 Å². The average molecular weight is 454 g/mol. The van der Waals surface area contributed by atoms with Crippen LogP contribution in [0.1, 0.15) is 35.3 Å². The first-order valence-electron chi connectivity index (χ1n) is 9.87. The highest BCUT2D eigenvalue weighted by Gasteiger charge is 2.22. The molecule has 2 rings (SSSR count). The number of nitrogens with two attached hydrogens (primary N) is 1. The van der Waals surface area contributed by atoms with Gasteiger partial charge in [-0.15, -0.1) is 0 Å². The molecular formula is C20H28FN5O4S. The Morgan fingerprint density at radius 2 is 2.06 bits per heavy atom. The number of anilines is 1. The van der Waals surface area contributed by atoms with Crippen molar-refractivity contribution in [1.29, 1.82) is 0 Å². The Hall–Kier alpha value is -2.76. The fraction of sp³-hybridized carbons (Fsp3) is 0.450. The predicted molar refractivity (Wildman–Crippen MR) is 117 cm³/mol. The van der Waals surface area contributed by atoms with Gasteiger partial charge in [0.2, 0.25) is 5.88 Å². The van der Waals surface area contributed by atoms with E-state index in [-0.39, 0.29) is 29.6 Å². The zero-order chi connectivity index (χ0) is 23.0. The van der Waals surface area contributed by atoms with E-state index in [0.717, 1.165) is 30.2 Å². The minimum atomic E-state index is -0.843. The number of likely N-dealkylation sites (N-methyl/N-ethyl adjacent to an activating group) is 1. The Bertz CT molecular complexity index is 904. The predicted octanol–water partition coefficient (Wildman–Crippen LogP) is 2.09. The van der Waals surface area contributed by atoms with Crippen LogP contribution >= 0.6 is 11.5 Å². The van der Waals surface area contributed by atoms with Crippen LogP contribution in [0.25, 0.3) is 0 Å². The summed E-state index contributed by atoms with van der Waals surface area (Å²) in [6, 6.07) is 4.07. The summed E-state index contributed by atoms with van der Waals surface area (Å²) in [6.45, 7) is 7.62. The number of nitrogens with zero attached hydrogens (tertiary/aromatic N) is 2. The number of aliphatic hydroxyl groups is 1. The Labute approximate surface area is 184 Å². The molecule has 0 bridgehead atoms. The molecule has 1 unspecified atom stereocenters. The van der Waals surface area contributed by atoms with Gasteiger partial charge in [0.05, 0.1) is 6.10 Å². The van der Waals surface area contributed by atoms with Crippen molar-refractivity contribution in [2.45, 2.75) is 33.5 Å². The maximum atomic E-state index is 14.0. The minimum absolute atomic E-state index is 0.0309. The fourth-order valence-electron chi connectivity index (χ4n) is 2.79. The zero-order valence-electron chi connectivity index (χ0n) is 17.8. The summed E-state index contributed by atoms with van der Waals surface area (Å²) in [5.74, 6) is -1.36. The number of primary amides is 1. The van der Waals surface area contributed by atoms with Crippen LogP contribution in [-0.4, -0.2) is 58.6 Å². The maximum absolute atomic E-state index is 14.0. The lowest BCUT2D eigenvalue weighted by Crippen LogP contribution is -2.41. The molecule has 0 spiro atoms. The molecule has 2 aromatic rings. The van der Waals surface area contributed by atoms with Crippen LogP contribution in [0.5, 0.6) is 5.88 Å². The van der Waals surface area contributed by atoms with E-state index in [4.69, 9.17) is 10.5 Å². The van der Waals surface area contributed by atoms with E-state index < -0.39 is 23.9 Å². The smallest absolute Gasteiger partial charge is 0.320 e. The molecule has 1 aromatic carbocycles. The number of ether oxygens (including phenoxy) is 1. The van der Waals surface area contributed by atoms with Crippen LogP contribution in [0.15, 0.2) is 18.2 Å². The van der Waals surface area contributed by atoms with Gasteiger partial charge in [0.15, 0.2) is 0 Å². The minimum Gasteiger partial charge on any atom is -0.471 e. The molecule has 1 aromatic heterocycles. The topological polar surface area (TPSA) is 130 Å². The Morgan fingerprint density at radius 1 is 1.35 bits per heavy atom. The summed E-state index contributed by atoms with van der Waals surface area (Å²) in [6.07, 6.45) is -0.744. The normalized spacial score (nSPS) is 11.9. The highest BCUT2D eigenvalue weighted by atomic mass is 32.1. The molecule has 9 nitrogen and oxygen atoms in total. The number of rotatable bonds is 11. The number of carbonyl (C=O) groups is 2. The lowest BCUT2D eigenvalue weighted by molar-refractivity contribution is 0.0996. The van der Waals surface area contributed by atoms with Crippen LogP contribution in [0.3, 0.4) is 0 Å². The third kappa shape index (κ3) is 7.16. The Morgan fingerprint density at radius 3 is 2.68 bits per heavy atom. The summed E-state index contributed by atoms with van der Waals surface area (Å²) >= 11 is 0.815. The van der Waals surface area contributed by atoms with Gasteiger partial charge in [-0.25, -0.2) is 9.18 Å². The first-order valence-corrected chi connectivity index (χ1v) is 10.6. The number of aromatic nitrogens is 1. The number of urea groups is 1. The molecule has 170 valence electrons. The molecule has 1 atom stereocenters. The van der Waals surface area contributed by atoms with Gasteiger partial charge in [-0.05, 0) is 43.2 Å². The summed E-state index contributed by atoms with van der Waals surface area (Å²) in [7, 11) is 0. The number of aliphatic hydroxyl groups excluding tert-OH is 1. The molecule has 0 fully saturated rings. The van der Waals surface area contributed by atoms with Crippen LogP contribution in [0, 0.1) is 12.7 Å². The molecular weight excluding hydrogens is 425 g/mol. The average Bonchev–Trinajstić information content (AvgIpc) is 3.12. The van der Waals surface area contributed by atoms with Crippen LogP contribution < -0.4 is 21.1 Å². The molecule has 0 aliphatic rings. The highest BCUT2D eigenvalue weighted by molar-refractivity contribution is 7.11. The SMILES string of the molecule is CCN(CC)CC(O)CNC(=O)Nc1snc(OCc2ccc(C)cc2F)c1C(N)=O. The van der Waals surface area contributed by atoms with Crippen LogP contribution in [0.4, 0.5) is 14.2 Å². The van der Waals surface area contributed by atoms with Crippen molar-refractivity contribution >= 4 is 28.5 Å². The maximum Gasteiger partial charge on any atom is 0.320 e. The van der Waals surface area contributed by atoms with Gasteiger partial charge in [-0.2, -0.15) is 4.37 Å². The third-order valence-electron chi connectivity index (χ3n) is 4.57. The van der Waals surface area contributed by atoms with Gasteiger partial charge in [-0.1, -0.05) is 26.0 Å². The number of amides is 3. The number of halogens is 1. The standard InChI is InChI=1S/C20H28FN5O4S/c1-4-26(5-2)10-14(27)9-23-20(29)24-19-16(17(22)28)18(25-31-19)30-11-13-7-6-12(3)8-15(13)21/h6-8,14,27H,4-5,9-11H2,1-3H3,(H2,22,28)(H2,23,24,29). The van der Waals surface area contributed by atoms with Crippen molar-refractivity contribution in [3.63, 3.8) is 0 Å². The number of benzene rings is 1. The number of nitrogens with one attached hydrogen (secondary N) is 2. The molecule has 0 radical (unpaired) electrons. The van der Waals surface area contributed by atoms with Crippen molar-refractivity contribution in [3.8, 4) is 5.88 Å². The molecule has 0 saturated heterocycles. The van der Waals surface area contributed by atoms with E-state index >= 15 is 0 Å². The van der Waals surface area contributed by atoms with Gasteiger partial charge in [0.25, 0.3) is 5.91 Å². The third-order valence-corrected chi connectivity index (χ3v) is 5.31. The number of aryl methyl sites for hydroxylation is 1. The van der Waals surface area contributed by atoms with Crippen molar-refractivity contribution in [2.75, 3.05) is 31.5 Å². The van der Waals surface area contributed by atoms with Crippen LogP contribution in [0.2, 0.25) is 0 Å². The van der Waals surface area contributed by atoms with Crippen molar-refractivity contribution in [2.24, 2.45) is 5.73 Å². The number of hydrogen-bond donors (Lipinski definition) is 4. The second-order valence-electron chi connectivity index (χ2n) is 6.91. The largest absolute Gasteiger partial charge is 0.471 e. The molecule has 0 saturated carbocycles. The second-order valence-corrected chi connectivity index (χ2v) is 7.69. The quantitative estimate of drug-likeness (QED) is 0.412. The lowest BCUT2D eigenvalue weighted by atomic mass is 10.1. The lowest BCUT2D eigenvalue weighted by Gasteiger charge is -2.22. The van der Waals surface area contributed by atoms with Crippen molar-refractivity contribution in [1.82, 2.24) is 14.6 Å². The first kappa shape index (κ1) is 24.5. The summed E-state index contributed by atoms with van der Waals surface area (Å²) in [4.78, 5) is 26.1. The molecule has 11 heteroatoms. The second kappa shape index (κ2) is 11.6. The summed E-state index contributed by atoms with van der Waals surface area (Å²) in [5, 5.41) is 15.2. The first-order chi connectivity index (χ1) is 14.7. The highest BCUT2D eigenvalue weighted by Crippen LogP contribution is 2.30.